The summed E-state index contributed by atoms with van der Waals surface area (Å²) in [5.74, 6) is 1.66. The van der Waals surface area contributed by atoms with Gasteiger partial charge in [0.1, 0.15) is 18.2 Å². The predicted octanol–water partition coefficient (Wildman–Crippen LogP) is 4.61. The van der Waals surface area contributed by atoms with Crippen molar-refractivity contribution < 1.29 is 17.9 Å². The largest absolute Gasteiger partial charge is 0.491 e. The van der Waals surface area contributed by atoms with E-state index in [1.54, 1.807) is 0 Å². The number of nitrogens with zero attached hydrogens (tertiary/aromatic N) is 2. The molecule has 4 rings (SSSR count). The van der Waals surface area contributed by atoms with E-state index in [0.717, 1.165) is 53.2 Å². The van der Waals surface area contributed by atoms with Crippen molar-refractivity contribution in [3.63, 3.8) is 0 Å². The fourth-order valence-electron chi connectivity index (χ4n) is 3.19. The van der Waals surface area contributed by atoms with Gasteiger partial charge in [-0.15, -0.1) is 0 Å². The van der Waals surface area contributed by atoms with Crippen LogP contribution in [0.1, 0.15) is 24.0 Å². The number of hydrogen-bond donors (Lipinski definition) is 0. The normalized spacial score (nSPS) is 17.0. The van der Waals surface area contributed by atoms with E-state index in [-0.39, 0.29) is 0 Å². The molecule has 6 heteroatoms. The van der Waals surface area contributed by atoms with E-state index in [0.29, 0.717) is 19.2 Å². The van der Waals surface area contributed by atoms with Crippen molar-refractivity contribution in [1.29, 1.82) is 0 Å². The summed E-state index contributed by atoms with van der Waals surface area (Å²) >= 11 is 0. The van der Waals surface area contributed by atoms with Crippen LogP contribution in [-0.4, -0.2) is 37.0 Å². The second-order valence-electron chi connectivity index (χ2n) is 6.68. The van der Waals surface area contributed by atoms with Crippen LogP contribution in [0.5, 0.6) is 5.75 Å². The van der Waals surface area contributed by atoms with Crippen LogP contribution in [0, 0.1) is 0 Å². The van der Waals surface area contributed by atoms with Crippen LogP contribution in [0.3, 0.4) is 0 Å². The fraction of sp³-hybridized carbons (Fsp3) is 0.350. The molecule has 0 N–H and O–H groups in total. The molecule has 1 saturated carbocycles. The molecule has 2 aliphatic rings. The highest BCUT2D eigenvalue weighted by atomic mass is 19.4. The lowest BCUT2D eigenvalue weighted by Crippen LogP contribution is -2.29. The van der Waals surface area contributed by atoms with Crippen molar-refractivity contribution >= 4 is 5.84 Å². The number of aliphatic imine (C=N–C) groups is 1. The first-order valence-corrected chi connectivity index (χ1v) is 8.65. The minimum absolute atomic E-state index is 0.509. The quantitative estimate of drug-likeness (QED) is 0.782. The van der Waals surface area contributed by atoms with Gasteiger partial charge in [-0.05, 0) is 48.2 Å². The van der Waals surface area contributed by atoms with Crippen LogP contribution in [0.4, 0.5) is 13.2 Å². The lowest BCUT2D eigenvalue weighted by Gasteiger charge is -2.22. The third kappa shape index (κ3) is 3.28. The third-order valence-electron chi connectivity index (χ3n) is 4.81. The van der Waals surface area contributed by atoms with E-state index < -0.39 is 11.7 Å². The smallest absolute Gasteiger partial charge is 0.416 e. The molecule has 1 fully saturated rings. The second kappa shape index (κ2) is 6.34. The number of amidine groups is 1. The summed E-state index contributed by atoms with van der Waals surface area (Å²) in [6.07, 6.45) is -2.01. The van der Waals surface area contributed by atoms with Gasteiger partial charge in [0.15, 0.2) is 0 Å². The Morgan fingerprint density at radius 3 is 2.38 bits per heavy atom. The van der Waals surface area contributed by atoms with Gasteiger partial charge >= 0.3 is 6.18 Å². The fourth-order valence-corrected chi connectivity index (χ4v) is 3.19. The Bertz CT molecular complexity index is 839. The van der Waals surface area contributed by atoms with Gasteiger partial charge in [-0.2, -0.15) is 13.2 Å². The number of halogens is 3. The summed E-state index contributed by atoms with van der Waals surface area (Å²) in [5, 5.41) is 0. The van der Waals surface area contributed by atoms with Crippen molar-refractivity contribution in [3.05, 3.63) is 53.6 Å². The molecular weight excluding hydrogens is 341 g/mol. The average Bonchev–Trinajstić information content (AvgIpc) is 3.47. The lowest BCUT2D eigenvalue weighted by molar-refractivity contribution is -0.137. The summed E-state index contributed by atoms with van der Waals surface area (Å²) in [5.41, 5.74) is 1.84. The molecule has 0 unspecified atom stereocenters. The first-order chi connectivity index (χ1) is 12.4. The minimum Gasteiger partial charge on any atom is -0.491 e. The molecule has 2 aromatic rings. The summed E-state index contributed by atoms with van der Waals surface area (Å²) in [6, 6.07) is 11.5. The highest BCUT2D eigenvalue weighted by molar-refractivity contribution is 6.02. The number of rotatable bonds is 2. The van der Waals surface area contributed by atoms with Gasteiger partial charge < -0.3 is 9.64 Å². The number of hydrogen-bond acceptors (Lipinski definition) is 3. The number of ether oxygens (including phenoxy) is 1. The van der Waals surface area contributed by atoms with Crippen molar-refractivity contribution in [2.24, 2.45) is 4.99 Å². The zero-order valence-electron chi connectivity index (χ0n) is 14.4. The van der Waals surface area contributed by atoms with Gasteiger partial charge in [0.2, 0.25) is 0 Å². The average molecular weight is 360 g/mol. The Balaban J connectivity index is 1.71. The molecule has 0 bridgehead atoms. The molecule has 0 saturated heterocycles. The van der Waals surface area contributed by atoms with Gasteiger partial charge in [-0.25, -0.2) is 0 Å². The molecule has 2 aromatic carbocycles. The van der Waals surface area contributed by atoms with Crippen LogP contribution >= 0.6 is 0 Å². The van der Waals surface area contributed by atoms with E-state index in [1.165, 1.54) is 12.1 Å². The zero-order chi connectivity index (χ0) is 18.3. The number of fused-ring (bicyclic) bond motifs is 1. The Hall–Kier alpha value is -2.50. The van der Waals surface area contributed by atoms with E-state index >= 15 is 0 Å². The lowest BCUT2D eigenvalue weighted by atomic mass is 10.00. The highest BCUT2D eigenvalue weighted by Gasteiger charge is 2.31. The summed E-state index contributed by atoms with van der Waals surface area (Å²) in [7, 11) is 2.04. The Labute approximate surface area is 150 Å². The van der Waals surface area contributed by atoms with E-state index in [9.17, 15) is 13.2 Å². The first-order valence-electron chi connectivity index (χ1n) is 8.65. The maximum absolute atomic E-state index is 12.8. The van der Waals surface area contributed by atoms with Crippen molar-refractivity contribution in [2.45, 2.75) is 25.1 Å². The van der Waals surface area contributed by atoms with E-state index in [2.05, 4.69) is 9.89 Å². The van der Waals surface area contributed by atoms with Gasteiger partial charge in [-0.3, -0.25) is 4.99 Å². The second-order valence-corrected chi connectivity index (χ2v) is 6.68. The molecule has 0 amide bonds. The molecule has 1 aliphatic heterocycles. The van der Waals surface area contributed by atoms with E-state index in [4.69, 9.17) is 4.74 Å². The summed E-state index contributed by atoms with van der Waals surface area (Å²) in [4.78, 5) is 6.86. The Kier molecular flexibility index (Phi) is 4.13. The van der Waals surface area contributed by atoms with E-state index in [1.807, 2.05) is 25.2 Å². The summed E-state index contributed by atoms with van der Waals surface area (Å²) < 4.78 is 44.1. The summed E-state index contributed by atoms with van der Waals surface area (Å²) in [6.45, 7) is 1.12. The predicted molar refractivity (Wildman–Crippen MR) is 94.6 cm³/mol. The Morgan fingerprint density at radius 1 is 1.04 bits per heavy atom. The van der Waals surface area contributed by atoms with Gasteiger partial charge in [0.25, 0.3) is 0 Å². The van der Waals surface area contributed by atoms with Crippen molar-refractivity contribution in [1.82, 2.24) is 4.90 Å². The maximum Gasteiger partial charge on any atom is 0.416 e. The van der Waals surface area contributed by atoms with Gasteiger partial charge in [0, 0.05) is 13.1 Å². The van der Waals surface area contributed by atoms with Crippen LogP contribution < -0.4 is 4.74 Å². The van der Waals surface area contributed by atoms with Crippen LogP contribution in [0.2, 0.25) is 0 Å². The van der Waals surface area contributed by atoms with Crippen molar-refractivity contribution in [3.8, 4) is 16.9 Å². The maximum atomic E-state index is 12.8. The molecule has 0 radical (unpaired) electrons. The van der Waals surface area contributed by atoms with Crippen LogP contribution in [0.25, 0.3) is 11.1 Å². The zero-order valence-corrected chi connectivity index (χ0v) is 14.4. The highest BCUT2D eigenvalue weighted by Crippen LogP contribution is 2.34. The molecule has 3 nitrogen and oxygen atoms in total. The van der Waals surface area contributed by atoms with Gasteiger partial charge in [0.05, 0.1) is 17.7 Å². The molecule has 1 aliphatic carbocycles. The van der Waals surface area contributed by atoms with Crippen LogP contribution in [0.15, 0.2) is 47.5 Å². The molecule has 26 heavy (non-hydrogen) atoms. The third-order valence-corrected chi connectivity index (χ3v) is 4.81. The molecule has 136 valence electrons. The van der Waals surface area contributed by atoms with Crippen molar-refractivity contribution in [2.75, 3.05) is 20.2 Å². The number of benzene rings is 2. The van der Waals surface area contributed by atoms with Gasteiger partial charge in [-0.1, -0.05) is 18.2 Å². The SMILES string of the molecule is CN(C1=NCCOc2ccc(-c3ccc(C(F)(F)F)cc3)cc21)C1CC1. The Morgan fingerprint density at radius 2 is 1.73 bits per heavy atom. The molecule has 0 spiro atoms. The topological polar surface area (TPSA) is 24.8 Å². The molecule has 0 atom stereocenters. The standard InChI is InChI=1S/C20H19F3N2O/c1-25(16-7-8-16)19-17-12-14(4-9-18(17)26-11-10-24-19)13-2-5-15(6-3-13)20(21,22)23/h2-6,9,12,16H,7-8,10-11H2,1H3. The molecule has 1 heterocycles. The molecule has 0 aromatic heterocycles. The monoisotopic (exact) mass is 360 g/mol. The number of alkyl halides is 3. The first kappa shape index (κ1) is 16.9. The molecular formula is C20H19F3N2O. The minimum atomic E-state index is -4.33. The van der Waals surface area contributed by atoms with Crippen LogP contribution in [-0.2, 0) is 6.18 Å².